The summed E-state index contributed by atoms with van der Waals surface area (Å²) >= 11 is 3.22. The van der Waals surface area contributed by atoms with Gasteiger partial charge in [-0.3, -0.25) is 10.1 Å². The molecule has 1 N–H and O–H groups in total. The summed E-state index contributed by atoms with van der Waals surface area (Å²) in [7, 11) is 0. The highest BCUT2D eigenvalue weighted by atomic mass is 79.9. The first kappa shape index (κ1) is 21.0. The van der Waals surface area contributed by atoms with Gasteiger partial charge in [0.2, 0.25) is 0 Å². The lowest BCUT2D eigenvalue weighted by atomic mass is 9.80. The molecule has 0 spiro atoms. The van der Waals surface area contributed by atoms with E-state index >= 15 is 0 Å². The maximum absolute atomic E-state index is 11.3. The van der Waals surface area contributed by atoms with Gasteiger partial charge in [0.05, 0.1) is 4.92 Å². The number of benzene rings is 2. The third-order valence-corrected chi connectivity index (χ3v) is 4.66. The van der Waals surface area contributed by atoms with Gasteiger partial charge in [-0.25, -0.2) is 0 Å². The van der Waals surface area contributed by atoms with Gasteiger partial charge < -0.3 is 5.11 Å². The quantitative estimate of drug-likeness (QED) is 0.318. The maximum atomic E-state index is 11.3. The molecule has 0 saturated carbocycles. The lowest BCUT2D eigenvalue weighted by Crippen LogP contribution is -2.16. The monoisotopic (exact) mass is 433 g/mol. The zero-order chi connectivity index (χ0) is 20.6. The van der Waals surface area contributed by atoms with Crippen molar-refractivity contribution >= 4 is 33.0 Å². The summed E-state index contributed by atoms with van der Waals surface area (Å²) in [6.07, 6.45) is 0. The first-order chi connectivity index (χ1) is 12.3. The Morgan fingerprint density at radius 1 is 0.963 bits per heavy atom. The maximum Gasteiger partial charge on any atom is 0.297 e. The molecule has 0 aliphatic heterocycles. The van der Waals surface area contributed by atoms with E-state index in [9.17, 15) is 15.2 Å². The second kappa shape index (κ2) is 7.38. The SMILES string of the molecule is CC(C)(C)c1cc(N=Nc2ccc(Br)cc2[N+](=O)[O-])c(O)c(C(C)(C)C)c1. The van der Waals surface area contributed by atoms with E-state index in [0.29, 0.717) is 10.2 Å². The van der Waals surface area contributed by atoms with E-state index in [1.165, 1.54) is 12.1 Å². The average Bonchev–Trinajstić information content (AvgIpc) is 2.52. The molecule has 2 aromatic rings. The number of nitro groups is 1. The molecule has 0 fully saturated rings. The highest BCUT2D eigenvalue weighted by Gasteiger charge is 2.25. The highest BCUT2D eigenvalue weighted by molar-refractivity contribution is 9.10. The molecule has 0 aromatic heterocycles. The molecule has 2 rings (SSSR count). The van der Waals surface area contributed by atoms with Crippen LogP contribution in [-0.2, 0) is 10.8 Å². The Labute approximate surface area is 167 Å². The minimum atomic E-state index is -0.509. The molecule has 0 radical (unpaired) electrons. The summed E-state index contributed by atoms with van der Waals surface area (Å²) in [6, 6.07) is 8.31. The zero-order valence-electron chi connectivity index (χ0n) is 16.4. The Bertz CT molecular complexity index is 910. The van der Waals surface area contributed by atoms with Crippen LogP contribution in [0.5, 0.6) is 5.75 Å². The van der Waals surface area contributed by atoms with Crippen molar-refractivity contribution in [3.05, 3.63) is 56.0 Å². The van der Waals surface area contributed by atoms with E-state index in [-0.39, 0.29) is 28.0 Å². The second-order valence-electron chi connectivity index (χ2n) is 8.48. The van der Waals surface area contributed by atoms with E-state index < -0.39 is 4.92 Å². The van der Waals surface area contributed by atoms with Crippen molar-refractivity contribution in [3.63, 3.8) is 0 Å². The van der Waals surface area contributed by atoms with Crippen LogP contribution in [0.4, 0.5) is 17.1 Å². The molecule has 0 unspecified atom stereocenters. The number of nitro benzene ring substituents is 1. The predicted molar refractivity (Wildman–Crippen MR) is 110 cm³/mol. The van der Waals surface area contributed by atoms with Gasteiger partial charge in [-0.15, -0.1) is 10.2 Å². The Morgan fingerprint density at radius 2 is 1.56 bits per heavy atom. The number of rotatable bonds is 3. The van der Waals surface area contributed by atoms with Crippen molar-refractivity contribution in [2.75, 3.05) is 0 Å². The number of phenolic OH excluding ortho intramolecular Hbond substituents is 1. The smallest absolute Gasteiger partial charge is 0.297 e. The number of halogens is 1. The predicted octanol–water partition coefficient (Wildman–Crippen LogP) is 7.07. The second-order valence-corrected chi connectivity index (χ2v) is 9.40. The van der Waals surface area contributed by atoms with Gasteiger partial charge in [0, 0.05) is 16.1 Å². The first-order valence-electron chi connectivity index (χ1n) is 8.54. The van der Waals surface area contributed by atoms with Crippen LogP contribution in [0.25, 0.3) is 0 Å². The normalized spacial score (nSPS) is 12.6. The Kier molecular flexibility index (Phi) is 5.75. The summed E-state index contributed by atoms with van der Waals surface area (Å²) in [5.74, 6) is 0.0408. The molecule has 27 heavy (non-hydrogen) atoms. The van der Waals surface area contributed by atoms with Crippen molar-refractivity contribution in [2.45, 2.75) is 52.4 Å². The molecule has 144 valence electrons. The first-order valence-corrected chi connectivity index (χ1v) is 9.33. The number of phenols is 1. The minimum absolute atomic E-state index is 0.0408. The number of hydrogen-bond donors (Lipinski definition) is 1. The van der Waals surface area contributed by atoms with E-state index in [0.717, 1.165) is 11.1 Å². The Hall–Kier alpha value is -2.28. The molecular formula is C20H24BrN3O3. The molecule has 0 saturated heterocycles. The number of azo groups is 1. The largest absolute Gasteiger partial charge is 0.505 e. The van der Waals surface area contributed by atoms with Crippen LogP contribution >= 0.6 is 15.9 Å². The Balaban J connectivity index is 2.63. The lowest BCUT2D eigenvalue weighted by Gasteiger charge is -2.26. The lowest BCUT2D eigenvalue weighted by molar-refractivity contribution is -0.384. The Morgan fingerprint density at radius 3 is 2.07 bits per heavy atom. The van der Waals surface area contributed by atoms with Crippen LogP contribution in [0.1, 0.15) is 52.7 Å². The fourth-order valence-electron chi connectivity index (χ4n) is 2.54. The molecule has 0 atom stereocenters. The van der Waals surface area contributed by atoms with E-state index in [1.54, 1.807) is 12.1 Å². The van der Waals surface area contributed by atoms with E-state index in [2.05, 4.69) is 46.9 Å². The molecule has 0 aliphatic carbocycles. The van der Waals surface area contributed by atoms with Gasteiger partial charge >= 0.3 is 0 Å². The van der Waals surface area contributed by atoms with Crippen molar-refractivity contribution < 1.29 is 10.0 Å². The highest BCUT2D eigenvalue weighted by Crippen LogP contribution is 2.42. The molecule has 0 bridgehead atoms. The fraction of sp³-hybridized carbons (Fsp3) is 0.400. The summed E-state index contributed by atoms with van der Waals surface area (Å²) in [5, 5.41) is 30.2. The van der Waals surface area contributed by atoms with Gasteiger partial charge in [-0.2, -0.15) is 0 Å². The van der Waals surface area contributed by atoms with Crippen LogP contribution in [0.2, 0.25) is 0 Å². The minimum Gasteiger partial charge on any atom is -0.505 e. The molecule has 0 amide bonds. The summed E-state index contributed by atoms with van der Waals surface area (Å²) in [6.45, 7) is 12.3. The molecule has 7 heteroatoms. The standard InChI is InChI=1S/C20H24BrN3O3/c1-19(2,3)12-9-14(20(4,5)6)18(25)16(10-12)23-22-15-8-7-13(21)11-17(15)24(26)27/h7-11,25H,1-6H3. The molecular weight excluding hydrogens is 410 g/mol. The van der Waals surface area contributed by atoms with Crippen LogP contribution in [0, 0.1) is 10.1 Å². The molecule has 6 nitrogen and oxygen atoms in total. The van der Waals surface area contributed by atoms with Crippen molar-refractivity contribution in [1.82, 2.24) is 0 Å². The third kappa shape index (κ3) is 4.91. The van der Waals surface area contributed by atoms with Crippen LogP contribution in [0.3, 0.4) is 0 Å². The van der Waals surface area contributed by atoms with Crippen LogP contribution in [-0.4, -0.2) is 10.0 Å². The summed E-state index contributed by atoms with van der Waals surface area (Å²) < 4.78 is 0.584. The topological polar surface area (TPSA) is 88.1 Å². The van der Waals surface area contributed by atoms with Crippen molar-refractivity contribution in [3.8, 4) is 5.75 Å². The summed E-state index contributed by atoms with van der Waals surface area (Å²) in [5.41, 5.74) is 1.58. The molecule has 0 heterocycles. The number of hydrogen-bond acceptors (Lipinski definition) is 5. The van der Waals surface area contributed by atoms with Gasteiger partial charge in [0.25, 0.3) is 5.69 Å². The van der Waals surface area contributed by atoms with E-state index in [4.69, 9.17) is 0 Å². The van der Waals surface area contributed by atoms with E-state index in [1.807, 2.05) is 26.8 Å². The van der Waals surface area contributed by atoms with Gasteiger partial charge in [-0.1, -0.05) is 63.5 Å². The van der Waals surface area contributed by atoms with Crippen LogP contribution < -0.4 is 0 Å². The van der Waals surface area contributed by atoms with Crippen LogP contribution in [0.15, 0.2) is 45.0 Å². The number of nitrogens with zero attached hydrogens (tertiary/aromatic N) is 3. The summed E-state index contributed by atoms with van der Waals surface area (Å²) in [4.78, 5) is 10.7. The average molecular weight is 434 g/mol. The fourth-order valence-corrected chi connectivity index (χ4v) is 2.88. The van der Waals surface area contributed by atoms with Crippen molar-refractivity contribution in [1.29, 1.82) is 0 Å². The van der Waals surface area contributed by atoms with Gasteiger partial charge in [-0.05, 0) is 34.6 Å². The number of aromatic hydroxyl groups is 1. The van der Waals surface area contributed by atoms with Crippen molar-refractivity contribution in [2.24, 2.45) is 10.2 Å². The molecule has 2 aromatic carbocycles. The van der Waals surface area contributed by atoms with Gasteiger partial charge in [0.15, 0.2) is 5.69 Å². The molecule has 0 aliphatic rings. The third-order valence-electron chi connectivity index (χ3n) is 4.16. The zero-order valence-corrected chi connectivity index (χ0v) is 18.0. The van der Waals surface area contributed by atoms with Gasteiger partial charge in [0.1, 0.15) is 11.4 Å².